The second-order valence-corrected chi connectivity index (χ2v) is 4.85. The van der Waals surface area contributed by atoms with Crippen LogP contribution in [0.5, 0.6) is 0 Å². The van der Waals surface area contributed by atoms with Crippen LogP contribution in [0.2, 0.25) is 5.02 Å². The van der Waals surface area contributed by atoms with Crippen molar-refractivity contribution in [1.29, 1.82) is 0 Å². The Morgan fingerprint density at radius 1 is 1.46 bits per heavy atom. The molecule has 0 spiro atoms. The van der Waals surface area contributed by atoms with Crippen molar-refractivity contribution in [2.24, 2.45) is 0 Å². The van der Waals surface area contributed by atoms with E-state index in [0.29, 0.717) is 3.57 Å². The molecule has 0 amide bonds. The summed E-state index contributed by atoms with van der Waals surface area (Å²) in [6.07, 6.45) is 0. The Hall–Kier alpha value is 0.130. The monoisotopic (exact) mass is 314 g/mol. The minimum Gasteiger partial charge on any atom is -0.386 e. The van der Waals surface area contributed by atoms with Crippen LogP contribution in [-0.2, 0) is 5.60 Å². The van der Waals surface area contributed by atoms with E-state index < -0.39 is 11.4 Å². The van der Waals surface area contributed by atoms with Gasteiger partial charge >= 0.3 is 0 Å². The molecule has 0 bridgehead atoms. The molecule has 4 heteroatoms. The highest BCUT2D eigenvalue weighted by molar-refractivity contribution is 14.1. The van der Waals surface area contributed by atoms with E-state index in [0.717, 1.165) is 0 Å². The number of benzene rings is 1. The Morgan fingerprint density at radius 2 is 2.00 bits per heavy atom. The largest absolute Gasteiger partial charge is 0.386 e. The van der Waals surface area contributed by atoms with Crippen molar-refractivity contribution in [2.75, 3.05) is 0 Å². The maximum Gasteiger partial charge on any atom is 0.144 e. The highest BCUT2D eigenvalue weighted by Gasteiger charge is 2.25. The van der Waals surface area contributed by atoms with E-state index in [1.54, 1.807) is 12.1 Å². The van der Waals surface area contributed by atoms with Gasteiger partial charge in [-0.2, -0.15) is 0 Å². The Kier molecular flexibility index (Phi) is 3.20. The quantitative estimate of drug-likeness (QED) is 0.623. The van der Waals surface area contributed by atoms with Gasteiger partial charge in [0.1, 0.15) is 5.82 Å². The van der Waals surface area contributed by atoms with Crippen molar-refractivity contribution in [3.63, 3.8) is 0 Å². The average Bonchev–Trinajstić information content (AvgIpc) is 1.95. The minimum absolute atomic E-state index is 0.154. The second kappa shape index (κ2) is 3.71. The van der Waals surface area contributed by atoms with Crippen molar-refractivity contribution in [2.45, 2.75) is 19.4 Å². The van der Waals surface area contributed by atoms with Crippen molar-refractivity contribution >= 4 is 34.2 Å². The fraction of sp³-hybridized carbons (Fsp3) is 0.333. The standard InChI is InChI=1S/C9H9ClFIO/c1-9(2,13)7-5(10)3-4-6(12)8(7)11/h3-4,13H,1-2H3. The normalized spacial score (nSPS) is 11.8. The molecule has 1 aromatic rings. The van der Waals surface area contributed by atoms with Crippen LogP contribution in [0.25, 0.3) is 0 Å². The van der Waals surface area contributed by atoms with E-state index in [9.17, 15) is 9.50 Å². The molecule has 1 rings (SSSR count). The van der Waals surface area contributed by atoms with Gasteiger partial charge in [-0.15, -0.1) is 0 Å². The van der Waals surface area contributed by atoms with E-state index in [4.69, 9.17) is 11.6 Å². The Morgan fingerprint density at radius 3 is 2.38 bits per heavy atom. The van der Waals surface area contributed by atoms with Gasteiger partial charge < -0.3 is 5.11 Å². The molecular formula is C9H9ClFIO. The number of hydrogen-bond acceptors (Lipinski definition) is 1. The maximum atomic E-state index is 13.5. The van der Waals surface area contributed by atoms with Crippen LogP contribution in [0.4, 0.5) is 4.39 Å². The van der Waals surface area contributed by atoms with Gasteiger partial charge in [0.15, 0.2) is 0 Å². The third kappa shape index (κ3) is 2.33. The molecule has 1 N–H and O–H groups in total. The van der Waals surface area contributed by atoms with Crippen LogP contribution in [-0.4, -0.2) is 5.11 Å². The van der Waals surface area contributed by atoms with Crippen molar-refractivity contribution in [3.8, 4) is 0 Å². The topological polar surface area (TPSA) is 20.2 Å². The molecule has 0 saturated carbocycles. The number of hydrogen-bond donors (Lipinski definition) is 1. The molecule has 1 aromatic carbocycles. The molecule has 0 saturated heterocycles. The Balaban J connectivity index is 3.43. The lowest BCUT2D eigenvalue weighted by molar-refractivity contribution is 0.0745. The van der Waals surface area contributed by atoms with E-state index in [1.165, 1.54) is 13.8 Å². The summed E-state index contributed by atoms with van der Waals surface area (Å²) in [6, 6.07) is 3.16. The Bertz CT molecular complexity index is 333. The van der Waals surface area contributed by atoms with Gasteiger partial charge in [-0.05, 0) is 48.6 Å². The summed E-state index contributed by atoms with van der Waals surface area (Å²) in [5.41, 5.74) is -1.09. The van der Waals surface area contributed by atoms with Gasteiger partial charge in [-0.1, -0.05) is 11.6 Å². The summed E-state index contributed by atoms with van der Waals surface area (Å²) in [5.74, 6) is -0.444. The summed E-state index contributed by atoms with van der Waals surface area (Å²) < 4.78 is 14.0. The smallest absolute Gasteiger partial charge is 0.144 e. The highest BCUT2D eigenvalue weighted by Crippen LogP contribution is 2.32. The van der Waals surface area contributed by atoms with Gasteiger partial charge in [-0.3, -0.25) is 0 Å². The minimum atomic E-state index is -1.25. The van der Waals surface area contributed by atoms with Crippen LogP contribution in [0.15, 0.2) is 12.1 Å². The zero-order valence-corrected chi connectivity index (χ0v) is 10.1. The lowest BCUT2D eigenvalue weighted by Gasteiger charge is -2.20. The summed E-state index contributed by atoms with van der Waals surface area (Å²) in [7, 11) is 0. The molecular weight excluding hydrogens is 305 g/mol. The van der Waals surface area contributed by atoms with Crippen LogP contribution < -0.4 is 0 Å². The summed E-state index contributed by atoms with van der Waals surface area (Å²) in [6.45, 7) is 3.01. The fourth-order valence-electron chi connectivity index (χ4n) is 1.09. The zero-order chi connectivity index (χ0) is 10.2. The van der Waals surface area contributed by atoms with Gasteiger partial charge in [0, 0.05) is 14.2 Å². The average molecular weight is 315 g/mol. The van der Waals surface area contributed by atoms with E-state index in [-0.39, 0.29) is 10.6 Å². The van der Waals surface area contributed by atoms with Crippen molar-refractivity contribution < 1.29 is 9.50 Å². The van der Waals surface area contributed by atoms with E-state index in [2.05, 4.69) is 0 Å². The fourth-order valence-corrected chi connectivity index (χ4v) is 1.91. The molecule has 72 valence electrons. The summed E-state index contributed by atoms with van der Waals surface area (Å²) in [4.78, 5) is 0. The molecule has 0 unspecified atom stereocenters. The van der Waals surface area contributed by atoms with Crippen LogP contribution in [0.1, 0.15) is 19.4 Å². The van der Waals surface area contributed by atoms with Crippen LogP contribution in [0, 0.1) is 9.39 Å². The number of rotatable bonds is 1. The first-order valence-electron chi connectivity index (χ1n) is 3.70. The molecule has 0 aromatic heterocycles. The predicted molar refractivity (Wildman–Crippen MR) is 59.4 cm³/mol. The molecule has 1 nitrogen and oxygen atoms in total. The van der Waals surface area contributed by atoms with Crippen molar-refractivity contribution in [1.82, 2.24) is 0 Å². The molecule has 0 aliphatic heterocycles. The molecule has 0 aliphatic rings. The van der Waals surface area contributed by atoms with Crippen LogP contribution >= 0.6 is 34.2 Å². The third-order valence-corrected chi connectivity index (χ3v) is 2.80. The van der Waals surface area contributed by atoms with E-state index in [1.807, 2.05) is 22.6 Å². The predicted octanol–water partition coefficient (Wildman–Crippen LogP) is 3.31. The van der Waals surface area contributed by atoms with Gasteiger partial charge in [0.2, 0.25) is 0 Å². The summed E-state index contributed by atoms with van der Waals surface area (Å²) in [5, 5.41) is 9.90. The van der Waals surface area contributed by atoms with Crippen molar-refractivity contribution in [3.05, 3.63) is 32.1 Å². The maximum absolute atomic E-state index is 13.5. The summed E-state index contributed by atoms with van der Waals surface area (Å²) >= 11 is 7.64. The lowest BCUT2D eigenvalue weighted by atomic mass is 9.98. The van der Waals surface area contributed by atoms with Gasteiger partial charge in [0.25, 0.3) is 0 Å². The molecule has 0 radical (unpaired) electrons. The van der Waals surface area contributed by atoms with E-state index >= 15 is 0 Å². The molecule has 0 aliphatic carbocycles. The highest BCUT2D eigenvalue weighted by atomic mass is 127. The number of aliphatic hydroxyl groups is 1. The first-order chi connectivity index (χ1) is 5.84. The lowest BCUT2D eigenvalue weighted by Crippen LogP contribution is -2.18. The molecule has 0 atom stereocenters. The zero-order valence-electron chi connectivity index (χ0n) is 7.24. The Labute approximate surface area is 95.1 Å². The third-order valence-electron chi connectivity index (χ3n) is 1.66. The first-order valence-corrected chi connectivity index (χ1v) is 5.16. The van der Waals surface area contributed by atoms with Crippen LogP contribution in [0.3, 0.4) is 0 Å². The molecule has 13 heavy (non-hydrogen) atoms. The van der Waals surface area contributed by atoms with Gasteiger partial charge in [0.05, 0.1) is 5.60 Å². The molecule has 0 heterocycles. The second-order valence-electron chi connectivity index (χ2n) is 3.28. The van der Waals surface area contributed by atoms with Gasteiger partial charge in [-0.25, -0.2) is 4.39 Å². The molecule has 0 fully saturated rings. The SMILES string of the molecule is CC(C)(O)c1c(Cl)ccc(I)c1F. The first kappa shape index (κ1) is 11.2. The number of halogens is 3.